The molecule has 1 aliphatic rings. The highest BCUT2D eigenvalue weighted by molar-refractivity contribution is 5.97. The third-order valence-electron chi connectivity index (χ3n) is 4.77. The van der Waals surface area contributed by atoms with Crippen molar-refractivity contribution in [2.45, 2.75) is 38.1 Å². The lowest BCUT2D eigenvalue weighted by molar-refractivity contribution is -0.136. The Morgan fingerprint density at radius 1 is 1.08 bits per heavy atom. The highest BCUT2D eigenvalue weighted by Gasteiger charge is 2.34. The third-order valence-corrected chi connectivity index (χ3v) is 4.77. The second-order valence-corrected chi connectivity index (χ2v) is 6.62. The molecule has 0 aliphatic carbocycles. The normalized spacial score (nSPS) is 18.0. The maximum atomic E-state index is 12.7. The van der Waals surface area contributed by atoms with Crippen LogP contribution in [0.3, 0.4) is 0 Å². The van der Waals surface area contributed by atoms with E-state index in [1.54, 1.807) is 4.90 Å². The van der Waals surface area contributed by atoms with Crippen molar-refractivity contribution in [1.82, 2.24) is 4.90 Å². The van der Waals surface area contributed by atoms with Gasteiger partial charge in [-0.25, -0.2) is 0 Å². The summed E-state index contributed by atoms with van der Waals surface area (Å²) < 4.78 is 0. The van der Waals surface area contributed by atoms with Crippen LogP contribution in [0, 0.1) is 0 Å². The second-order valence-electron chi connectivity index (χ2n) is 6.62. The molecule has 4 nitrogen and oxygen atoms in total. The molecule has 0 bridgehead atoms. The number of carbonyl (C=O) groups excluding carboxylic acids is 2. The van der Waals surface area contributed by atoms with E-state index >= 15 is 0 Å². The van der Waals surface area contributed by atoms with Crippen molar-refractivity contribution in [3.8, 4) is 0 Å². The minimum atomic E-state index is -0.365. The standard InChI is InChI=1S/C21H24N2O2/c1-16(17-9-4-2-5-10-17)15-20(24)23-14-8-13-19(23)21(25)22-18-11-6-3-7-12-18/h2-7,9-12,16,19H,8,13-15H2,1H3,(H,22,25). The molecule has 2 aromatic rings. The highest BCUT2D eigenvalue weighted by Crippen LogP contribution is 2.24. The van der Waals surface area contributed by atoms with Gasteiger partial charge in [-0.3, -0.25) is 9.59 Å². The molecule has 1 fully saturated rings. The number of likely N-dealkylation sites (tertiary alicyclic amines) is 1. The summed E-state index contributed by atoms with van der Waals surface area (Å²) in [6.45, 7) is 2.72. The largest absolute Gasteiger partial charge is 0.331 e. The molecule has 2 aromatic carbocycles. The first-order valence-electron chi connectivity index (χ1n) is 8.85. The van der Waals surface area contributed by atoms with Crippen molar-refractivity contribution in [3.05, 3.63) is 66.2 Å². The van der Waals surface area contributed by atoms with Gasteiger partial charge in [0.2, 0.25) is 11.8 Å². The van der Waals surface area contributed by atoms with Crippen molar-refractivity contribution in [3.63, 3.8) is 0 Å². The summed E-state index contributed by atoms with van der Waals surface area (Å²) in [7, 11) is 0. The summed E-state index contributed by atoms with van der Waals surface area (Å²) in [6, 6.07) is 19.1. The van der Waals surface area contributed by atoms with Crippen LogP contribution in [0.2, 0.25) is 0 Å². The Kier molecular flexibility index (Phi) is 5.49. The van der Waals surface area contributed by atoms with Gasteiger partial charge in [-0.15, -0.1) is 0 Å². The lowest BCUT2D eigenvalue weighted by Crippen LogP contribution is -2.43. The van der Waals surface area contributed by atoms with Gasteiger partial charge in [0.15, 0.2) is 0 Å². The fourth-order valence-electron chi connectivity index (χ4n) is 3.36. The van der Waals surface area contributed by atoms with Crippen LogP contribution in [-0.4, -0.2) is 29.3 Å². The van der Waals surface area contributed by atoms with Crippen molar-refractivity contribution in [1.29, 1.82) is 0 Å². The van der Waals surface area contributed by atoms with E-state index in [4.69, 9.17) is 0 Å². The van der Waals surface area contributed by atoms with E-state index in [2.05, 4.69) is 12.2 Å². The van der Waals surface area contributed by atoms with Crippen LogP contribution in [0.4, 0.5) is 5.69 Å². The molecule has 4 heteroatoms. The number of benzene rings is 2. The molecule has 2 amide bonds. The molecule has 1 N–H and O–H groups in total. The number of carbonyl (C=O) groups is 2. The number of nitrogens with zero attached hydrogens (tertiary/aromatic N) is 1. The Hall–Kier alpha value is -2.62. The van der Waals surface area contributed by atoms with Crippen LogP contribution in [0.15, 0.2) is 60.7 Å². The average Bonchev–Trinajstić information content (AvgIpc) is 3.13. The fraction of sp³-hybridized carbons (Fsp3) is 0.333. The predicted molar refractivity (Wildman–Crippen MR) is 99.3 cm³/mol. The summed E-state index contributed by atoms with van der Waals surface area (Å²) in [5.41, 5.74) is 1.92. The maximum absolute atomic E-state index is 12.7. The van der Waals surface area contributed by atoms with E-state index in [1.165, 1.54) is 0 Å². The van der Waals surface area contributed by atoms with Gasteiger partial charge in [0.25, 0.3) is 0 Å². The lowest BCUT2D eigenvalue weighted by Gasteiger charge is -2.25. The molecule has 2 atom stereocenters. The molecular weight excluding hydrogens is 312 g/mol. The monoisotopic (exact) mass is 336 g/mol. The minimum absolute atomic E-state index is 0.0575. The minimum Gasteiger partial charge on any atom is -0.331 e. The van der Waals surface area contributed by atoms with Crippen molar-refractivity contribution >= 4 is 17.5 Å². The molecule has 2 unspecified atom stereocenters. The Bertz CT molecular complexity index is 715. The summed E-state index contributed by atoms with van der Waals surface area (Å²) in [4.78, 5) is 27.1. The quantitative estimate of drug-likeness (QED) is 0.902. The summed E-state index contributed by atoms with van der Waals surface area (Å²) in [6.07, 6.45) is 2.03. The zero-order valence-corrected chi connectivity index (χ0v) is 14.5. The van der Waals surface area contributed by atoms with E-state index in [9.17, 15) is 9.59 Å². The summed E-state index contributed by atoms with van der Waals surface area (Å²) in [5.74, 6) is 0.110. The van der Waals surface area contributed by atoms with E-state index in [0.717, 1.165) is 24.1 Å². The Balaban J connectivity index is 1.62. The number of amides is 2. The van der Waals surface area contributed by atoms with Crippen molar-refractivity contribution in [2.24, 2.45) is 0 Å². The van der Waals surface area contributed by atoms with Gasteiger partial charge in [-0.05, 0) is 36.5 Å². The van der Waals surface area contributed by atoms with E-state index in [1.807, 2.05) is 60.7 Å². The average molecular weight is 336 g/mol. The maximum Gasteiger partial charge on any atom is 0.247 e. The molecule has 1 heterocycles. The number of hydrogen-bond acceptors (Lipinski definition) is 2. The zero-order valence-electron chi connectivity index (χ0n) is 14.5. The van der Waals surface area contributed by atoms with Crippen LogP contribution in [0.5, 0.6) is 0 Å². The Morgan fingerprint density at radius 2 is 1.72 bits per heavy atom. The zero-order chi connectivity index (χ0) is 17.6. The smallest absolute Gasteiger partial charge is 0.247 e. The first kappa shape index (κ1) is 17.2. The first-order chi connectivity index (χ1) is 12.1. The van der Waals surface area contributed by atoms with E-state index in [0.29, 0.717) is 13.0 Å². The van der Waals surface area contributed by atoms with Gasteiger partial charge >= 0.3 is 0 Å². The first-order valence-corrected chi connectivity index (χ1v) is 8.85. The van der Waals surface area contributed by atoms with Gasteiger partial charge in [-0.1, -0.05) is 55.5 Å². The van der Waals surface area contributed by atoms with Crippen LogP contribution in [0.1, 0.15) is 37.7 Å². The van der Waals surface area contributed by atoms with Gasteiger partial charge < -0.3 is 10.2 Å². The SMILES string of the molecule is CC(CC(=O)N1CCCC1C(=O)Nc1ccccc1)c1ccccc1. The van der Waals surface area contributed by atoms with Crippen molar-refractivity contribution in [2.75, 3.05) is 11.9 Å². The van der Waals surface area contributed by atoms with Crippen LogP contribution in [-0.2, 0) is 9.59 Å². The molecule has 25 heavy (non-hydrogen) atoms. The number of anilines is 1. The van der Waals surface area contributed by atoms with Crippen LogP contribution in [0.25, 0.3) is 0 Å². The Labute approximate surface area is 148 Å². The molecule has 0 spiro atoms. The number of para-hydroxylation sites is 1. The van der Waals surface area contributed by atoms with Gasteiger partial charge in [0.1, 0.15) is 6.04 Å². The molecule has 130 valence electrons. The highest BCUT2D eigenvalue weighted by atomic mass is 16.2. The molecule has 0 saturated carbocycles. The van der Waals surface area contributed by atoms with E-state index in [-0.39, 0.29) is 23.8 Å². The van der Waals surface area contributed by atoms with E-state index < -0.39 is 0 Å². The Morgan fingerprint density at radius 3 is 2.40 bits per heavy atom. The summed E-state index contributed by atoms with van der Waals surface area (Å²) >= 11 is 0. The van der Waals surface area contributed by atoms with Gasteiger partial charge in [-0.2, -0.15) is 0 Å². The molecule has 3 rings (SSSR count). The van der Waals surface area contributed by atoms with Gasteiger partial charge in [0, 0.05) is 18.7 Å². The van der Waals surface area contributed by atoms with Crippen LogP contribution >= 0.6 is 0 Å². The predicted octanol–water partition coefficient (Wildman–Crippen LogP) is 3.81. The molecule has 0 radical (unpaired) electrons. The third kappa shape index (κ3) is 4.27. The topological polar surface area (TPSA) is 49.4 Å². The summed E-state index contributed by atoms with van der Waals surface area (Å²) in [5, 5.41) is 2.92. The lowest BCUT2D eigenvalue weighted by atomic mass is 9.97. The molecule has 1 saturated heterocycles. The molecular formula is C21H24N2O2. The van der Waals surface area contributed by atoms with Crippen LogP contribution < -0.4 is 5.32 Å². The second kappa shape index (κ2) is 7.97. The number of nitrogens with one attached hydrogen (secondary N) is 1. The fourth-order valence-corrected chi connectivity index (χ4v) is 3.36. The van der Waals surface area contributed by atoms with Crippen molar-refractivity contribution < 1.29 is 9.59 Å². The molecule has 0 aromatic heterocycles. The number of rotatable bonds is 5. The van der Waals surface area contributed by atoms with Gasteiger partial charge in [0.05, 0.1) is 0 Å². The number of hydrogen-bond donors (Lipinski definition) is 1. The molecule has 1 aliphatic heterocycles.